The van der Waals surface area contributed by atoms with E-state index in [-0.39, 0.29) is 16.7 Å². The van der Waals surface area contributed by atoms with E-state index < -0.39 is 17.8 Å². The number of hydrogen-bond acceptors (Lipinski definition) is 4. The highest BCUT2D eigenvalue weighted by atomic mass is 19.4. The predicted octanol–water partition coefficient (Wildman–Crippen LogP) is 2.76. The average Bonchev–Trinajstić information content (AvgIpc) is 2.38. The van der Waals surface area contributed by atoms with Crippen molar-refractivity contribution in [2.24, 2.45) is 0 Å². The Morgan fingerprint density at radius 1 is 1.19 bits per heavy atom. The van der Waals surface area contributed by atoms with E-state index in [2.05, 4.69) is 15.3 Å². The van der Waals surface area contributed by atoms with Gasteiger partial charge < -0.3 is 10.2 Å². The largest absolute Gasteiger partial charge is 0.451 e. The van der Waals surface area contributed by atoms with Crippen LogP contribution < -0.4 is 5.32 Å². The number of likely N-dealkylation sites (N-methyl/N-ethyl adjacent to an activating group) is 1. The summed E-state index contributed by atoms with van der Waals surface area (Å²) in [5.74, 6) is -2.18. The second-order valence-electron chi connectivity index (χ2n) is 4.76. The highest BCUT2D eigenvalue weighted by Gasteiger charge is 2.35. The van der Waals surface area contributed by atoms with Crippen LogP contribution in [-0.4, -0.2) is 42.1 Å². The molecule has 8 heteroatoms. The lowest BCUT2D eigenvalue weighted by Gasteiger charge is -2.14. The van der Waals surface area contributed by atoms with Crippen LogP contribution in [-0.2, 0) is 6.18 Å². The third-order valence-electron chi connectivity index (χ3n) is 2.78. The van der Waals surface area contributed by atoms with E-state index in [4.69, 9.17) is 0 Å². The highest BCUT2D eigenvalue weighted by molar-refractivity contribution is 5.89. The Hall–Kier alpha value is -1.96. The molecule has 1 aromatic heterocycles. The third kappa shape index (κ3) is 3.57. The molecule has 4 nitrogen and oxygen atoms in total. The fourth-order valence-corrected chi connectivity index (χ4v) is 1.78. The molecule has 0 atom stereocenters. The fourth-order valence-electron chi connectivity index (χ4n) is 1.78. The smallest absolute Gasteiger partial charge is 0.368 e. The van der Waals surface area contributed by atoms with Crippen LogP contribution in [0.15, 0.2) is 18.2 Å². The topological polar surface area (TPSA) is 41.0 Å². The molecule has 0 aliphatic carbocycles. The number of fused-ring (bicyclic) bond motifs is 1. The van der Waals surface area contributed by atoms with Gasteiger partial charge in [0.1, 0.15) is 17.2 Å². The first-order chi connectivity index (χ1) is 9.79. The van der Waals surface area contributed by atoms with Crippen LogP contribution in [0.5, 0.6) is 0 Å². The summed E-state index contributed by atoms with van der Waals surface area (Å²) in [5, 5.41) is 3.02. The molecule has 1 heterocycles. The molecule has 0 radical (unpaired) electrons. The summed E-state index contributed by atoms with van der Waals surface area (Å²) < 4.78 is 52.1. The van der Waals surface area contributed by atoms with Crippen LogP contribution in [0.2, 0.25) is 0 Å². The Labute approximate surface area is 118 Å². The van der Waals surface area contributed by atoms with Gasteiger partial charge in [-0.05, 0) is 26.2 Å². The molecule has 0 aliphatic rings. The van der Waals surface area contributed by atoms with Gasteiger partial charge in [-0.15, -0.1) is 0 Å². The van der Waals surface area contributed by atoms with Crippen molar-refractivity contribution in [1.29, 1.82) is 0 Å². The summed E-state index contributed by atoms with van der Waals surface area (Å²) in [7, 11) is 3.67. The van der Waals surface area contributed by atoms with E-state index in [0.29, 0.717) is 13.1 Å². The lowest BCUT2D eigenvalue weighted by Crippen LogP contribution is -2.22. The molecule has 0 amide bonds. The van der Waals surface area contributed by atoms with Crippen LogP contribution in [0, 0.1) is 5.82 Å². The third-order valence-corrected chi connectivity index (χ3v) is 2.78. The zero-order valence-electron chi connectivity index (χ0n) is 11.5. The van der Waals surface area contributed by atoms with Crippen LogP contribution in [0.4, 0.5) is 23.4 Å². The lowest BCUT2D eigenvalue weighted by molar-refractivity contribution is -0.144. The Kier molecular flexibility index (Phi) is 4.26. The van der Waals surface area contributed by atoms with Crippen molar-refractivity contribution >= 4 is 16.7 Å². The number of rotatable bonds is 4. The van der Waals surface area contributed by atoms with Gasteiger partial charge in [-0.2, -0.15) is 13.2 Å². The van der Waals surface area contributed by atoms with Crippen molar-refractivity contribution in [3.8, 4) is 0 Å². The molecule has 0 saturated heterocycles. The molecular weight excluding hydrogens is 288 g/mol. The summed E-state index contributed by atoms with van der Waals surface area (Å²) in [6.07, 6.45) is -4.73. The first-order valence-corrected chi connectivity index (χ1v) is 6.21. The van der Waals surface area contributed by atoms with E-state index in [1.54, 1.807) is 0 Å². The number of nitrogens with zero attached hydrogens (tertiary/aromatic N) is 3. The standard InChI is InChI=1S/C13H14F4N4/c1-21(2)7-6-18-11-8-4-3-5-9(14)10(8)19-12(20-11)13(15,16)17/h3-5H,6-7H2,1-2H3,(H,18,19,20). The second kappa shape index (κ2) is 5.80. The maximum absolute atomic E-state index is 13.7. The van der Waals surface area contributed by atoms with E-state index in [9.17, 15) is 17.6 Å². The summed E-state index contributed by atoms with van der Waals surface area (Å²) in [6, 6.07) is 3.96. The van der Waals surface area contributed by atoms with E-state index in [0.717, 1.165) is 6.07 Å². The zero-order valence-corrected chi connectivity index (χ0v) is 11.5. The van der Waals surface area contributed by atoms with Gasteiger partial charge in [0.05, 0.1) is 0 Å². The monoisotopic (exact) mass is 302 g/mol. The fraction of sp³-hybridized carbons (Fsp3) is 0.385. The van der Waals surface area contributed by atoms with E-state index in [1.165, 1.54) is 12.1 Å². The van der Waals surface area contributed by atoms with Gasteiger partial charge in [-0.3, -0.25) is 0 Å². The van der Waals surface area contributed by atoms with Gasteiger partial charge >= 0.3 is 6.18 Å². The van der Waals surface area contributed by atoms with Crippen LogP contribution in [0.25, 0.3) is 10.9 Å². The first kappa shape index (κ1) is 15.4. The number of aromatic nitrogens is 2. The van der Waals surface area contributed by atoms with Crippen LogP contribution in [0.1, 0.15) is 5.82 Å². The number of hydrogen-bond donors (Lipinski definition) is 1. The molecule has 0 aliphatic heterocycles. The number of benzene rings is 1. The number of alkyl halides is 3. The first-order valence-electron chi connectivity index (χ1n) is 6.21. The molecule has 1 aromatic carbocycles. The minimum absolute atomic E-state index is 0.0197. The van der Waals surface area contributed by atoms with Crippen molar-refractivity contribution in [2.45, 2.75) is 6.18 Å². The normalized spacial score (nSPS) is 12.1. The van der Waals surface area contributed by atoms with Crippen molar-refractivity contribution < 1.29 is 17.6 Å². The maximum atomic E-state index is 13.7. The number of anilines is 1. The van der Waals surface area contributed by atoms with Gasteiger partial charge in [0, 0.05) is 18.5 Å². The molecular formula is C13H14F4N4. The Morgan fingerprint density at radius 2 is 1.90 bits per heavy atom. The molecule has 0 fully saturated rings. The molecule has 0 bridgehead atoms. The average molecular weight is 302 g/mol. The Morgan fingerprint density at radius 3 is 2.52 bits per heavy atom. The molecule has 21 heavy (non-hydrogen) atoms. The van der Waals surface area contributed by atoms with Crippen LogP contribution in [0.3, 0.4) is 0 Å². The van der Waals surface area contributed by atoms with Gasteiger partial charge in [0.25, 0.3) is 0 Å². The van der Waals surface area contributed by atoms with Gasteiger partial charge in [0.2, 0.25) is 5.82 Å². The minimum Gasteiger partial charge on any atom is -0.368 e. The molecule has 0 spiro atoms. The molecule has 114 valence electrons. The highest BCUT2D eigenvalue weighted by Crippen LogP contribution is 2.30. The second-order valence-corrected chi connectivity index (χ2v) is 4.76. The molecule has 2 aromatic rings. The summed E-state index contributed by atoms with van der Waals surface area (Å²) >= 11 is 0. The van der Waals surface area contributed by atoms with Gasteiger partial charge in [-0.1, -0.05) is 6.07 Å². The lowest BCUT2D eigenvalue weighted by atomic mass is 10.2. The summed E-state index contributed by atoms with van der Waals surface area (Å²) in [5.41, 5.74) is -0.341. The van der Waals surface area contributed by atoms with Crippen molar-refractivity contribution in [3.05, 3.63) is 29.8 Å². The molecule has 1 N–H and O–H groups in total. The SMILES string of the molecule is CN(C)CCNc1nc(C(F)(F)F)nc2c(F)cccc12. The maximum Gasteiger partial charge on any atom is 0.451 e. The van der Waals surface area contributed by atoms with Gasteiger partial charge in [0.15, 0.2) is 0 Å². The quantitative estimate of drug-likeness (QED) is 0.882. The molecule has 2 rings (SSSR count). The summed E-state index contributed by atoms with van der Waals surface area (Å²) in [6.45, 7) is 0.981. The Balaban J connectivity index is 2.48. The van der Waals surface area contributed by atoms with Gasteiger partial charge in [-0.25, -0.2) is 14.4 Å². The summed E-state index contributed by atoms with van der Waals surface area (Å²) in [4.78, 5) is 8.63. The van der Waals surface area contributed by atoms with E-state index >= 15 is 0 Å². The predicted molar refractivity (Wildman–Crippen MR) is 71.5 cm³/mol. The zero-order chi connectivity index (χ0) is 15.6. The minimum atomic E-state index is -4.73. The number of nitrogens with one attached hydrogen (secondary N) is 1. The Bertz CT molecular complexity index is 640. The van der Waals surface area contributed by atoms with Crippen molar-refractivity contribution in [2.75, 3.05) is 32.5 Å². The molecule has 0 saturated carbocycles. The molecule has 0 unspecified atom stereocenters. The van der Waals surface area contributed by atoms with Crippen molar-refractivity contribution in [1.82, 2.24) is 14.9 Å². The van der Waals surface area contributed by atoms with Crippen LogP contribution >= 0.6 is 0 Å². The number of halogens is 4. The van der Waals surface area contributed by atoms with Crippen molar-refractivity contribution in [3.63, 3.8) is 0 Å². The van der Waals surface area contributed by atoms with E-state index in [1.807, 2.05) is 19.0 Å². The number of para-hydroxylation sites is 1.